The Bertz CT molecular complexity index is 1190. The number of pyridine rings is 1. The third-order valence-electron chi connectivity index (χ3n) is 8.09. The fraction of sp³-hybridized carbons (Fsp3) is 0.600. The molecule has 2 aliphatic heterocycles. The van der Waals surface area contributed by atoms with Crippen LogP contribution >= 0.6 is 0 Å². The molecule has 1 aromatic heterocycles. The van der Waals surface area contributed by atoms with Crippen molar-refractivity contribution in [3.63, 3.8) is 0 Å². The number of ether oxygens (including phenoxy) is 1. The summed E-state index contributed by atoms with van der Waals surface area (Å²) in [5.74, 6) is -3.85. The van der Waals surface area contributed by atoms with E-state index < -0.39 is 30.3 Å². The lowest BCUT2D eigenvalue weighted by Gasteiger charge is -2.30. The molecule has 3 heterocycles. The Kier molecular flexibility index (Phi) is 9.61. The van der Waals surface area contributed by atoms with Crippen molar-refractivity contribution in [3.8, 4) is 5.75 Å². The maximum absolute atomic E-state index is 15.0. The molecule has 1 aromatic carbocycles. The van der Waals surface area contributed by atoms with E-state index in [1.807, 2.05) is 26.0 Å². The quantitative estimate of drug-likeness (QED) is 0.354. The van der Waals surface area contributed by atoms with Gasteiger partial charge < -0.3 is 15.2 Å². The first-order chi connectivity index (χ1) is 19.0. The number of aryl methyl sites for hydroxylation is 2. The second-order valence-electron chi connectivity index (χ2n) is 11.4. The number of anilines is 1. The zero-order valence-electron chi connectivity index (χ0n) is 23.9. The van der Waals surface area contributed by atoms with Crippen LogP contribution in [0.1, 0.15) is 73.9 Å². The van der Waals surface area contributed by atoms with Crippen molar-refractivity contribution in [2.45, 2.75) is 76.3 Å². The first-order valence-electron chi connectivity index (χ1n) is 14.1. The normalized spacial score (nSPS) is 18.6. The second kappa shape index (κ2) is 12.8. The molecule has 0 aliphatic carbocycles. The summed E-state index contributed by atoms with van der Waals surface area (Å²) in [6.45, 7) is 4.96. The van der Waals surface area contributed by atoms with E-state index in [1.165, 1.54) is 18.7 Å². The molecular weight excluding hydrogens is 521 g/mol. The molecule has 0 spiro atoms. The lowest BCUT2D eigenvalue weighted by Crippen LogP contribution is -2.43. The summed E-state index contributed by atoms with van der Waals surface area (Å²) < 4.78 is 50.0. The number of fused-ring (bicyclic) bond motifs is 1. The Morgan fingerprint density at radius 1 is 1.32 bits per heavy atom. The highest BCUT2D eigenvalue weighted by Crippen LogP contribution is 2.37. The summed E-state index contributed by atoms with van der Waals surface area (Å²) >= 11 is 0. The van der Waals surface area contributed by atoms with Crippen LogP contribution in [0.15, 0.2) is 24.3 Å². The average molecular weight is 563 g/mol. The SMILES string of the molecule is COc1c(F)cc(C(C)C)cc1[C@@H](C(=O)O)N1CC[C@@H](N(C)CC(F)(F)CCCc2ccc3c(n2)NCCC3)C1. The van der Waals surface area contributed by atoms with Crippen molar-refractivity contribution in [3.05, 3.63) is 52.5 Å². The fourth-order valence-corrected chi connectivity index (χ4v) is 5.85. The molecule has 40 heavy (non-hydrogen) atoms. The summed E-state index contributed by atoms with van der Waals surface area (Å²) in [7, 11) is 2.98. The number of halogens is 3. The van der Waals surface area contributed by atoms with Crippen LogP contribution in [0.5, 0.6) is 5.75 Å². The van der Waals surface area contributed by atoms with Gasteiger partial charge in [-0.3, -0.25) is 14.6 Å². The molecule has 1 saturated heterocycles. The smallest absolute Gasteiger partial charge is 0.325 e. The fourth-order valence-electron chi connectivity index (χ4n) is 5.85. The van der Waals surface area contributed by atoms with E-state index in [0.29, 0.717) is 31.4 Å². The first kappa shape index (κ1) is 30.1. The van der Waals surface area contributed by atoms with E-state index in [-0.39, 0.29) is 36.2 Å². The third kappa shape index (κ3) is 7.07. The van der Waals surface area contributed by atoms with Crippen molar-refractivity contribution >= 4 is 11.8 Å². The Hall–Kier alpha value is -2.85. The number of carbonyl (C=O) groups is 1. The number of alkyl halides is 2. The number of hydrogen-bond donors (Lipinski definition) is 2. The third-order valence-corrected chi connectivity index (χ3v) is 8.09. The van der Waals surface area contributed by atoms with Crippen LogP contribution in [-0.2, 0) is 17.6 Å². The number of likely N-dealkylation sites (tertiary alicyclic amines) is 1. The number of carboxylic acid groups (broad SMARTS) is 1. The van der Waals surface area contributed by atoms with Gasteiger partial charge in [0.15, 0.2) is 11.6 Å². The minimum Gasteiger partial charge on any atom is -0.493 e. The molecule has 0 amide bonds. The maximum atomic E-state index is 15.0. The molecule has 1 fully saturated rings. The zero-order chi connectivity index (χ0) is 29.0. The largest absolute Gasteiger partial charge is 0.493 e. The van der Waals surface area contributed by atoms with Gasteiger partial charge in [-0.05, 0) is 74.4 Å². The minimum atomic E-state index is -2.89. The number of methoxy groups -OCH3 is 1. The van der Waals surface area contributed by atoms with E-state index in [0.717, 1.165) is 30.9 Å². The molecule has 0 radical (unpaired) electrons. The molecule has 2 atom stereocenters. The molecule has 2 aromatic rings. The monoisotopic (exact) mass is 562 g/mol. The Balaban J connectivity index is 1.36. The van der Waals surface area contributed by atoms with Crippen LogP contribution in [0, 0.1) is 5.82 Å². The van der Waals surface area contributed by atoms with Crippen LogP contribution in [-0.4, -0.2) is 78.2 Å². The van der Waals surface area contributed by atoms with Crippen molar-refractivity contribution in [2.24, 2.45) is 0 Å². The van der Waals surface area contributed by atoms with Crippen LogP contribution < -0.4 is 10.1 Å². The van der Waals surface area contributed by atoms with Gasteiger partial charge in [0.25, 0.3) is 5.92 Å². The predicted molar refractivity (Wildman–Crippen MR) is 149 cm³/mol. The molecule has 220 valence electrons. The number of benzene rings is 1. The predicted octanol–water partition coefficient (Wildman–Crippen LogP) is 5.50. The van der Waals surface area contributed by atoms with Crippen LogP contribution in [0.25, 0.3) is 0 Å². The van der Waals surface area contributed by atoms with Gasteiger partial charge in [-0.2, -0.15) is 0 Å². The van der Waals surface area contributed by atoms with Crippen molar-refractivity contribution in [1.29, 1.82) is 0 Å². The van der Waals surface area contributed by atoms with Gasteiger partial charge in [-0.15, -0.1) is 0 Å². The number of nitrogens with one attached hydrogen (secondary N) is 1. The van der Waals surface area contributed by atoms with Gasteiger partial charge >= 0.3 is 5.97 Å². The molecular formula is C30H41F3N4O3. The van der Waals surface area contributed by atoms with Crippen LogP contribution in [0.4, 0.5) is 19.0 Å². The Labute approximate surface area is 234 Å². The molecule has 0 unspecified atom stereocenters. The van der Waals surface area contributed by atoms with Gasteiger partial charge in [0.05, 0.1) is 13.7 Å². The number of likely N-dealkylation sites (N-methyl/N-ethyl adjacent to an activating group) is 1. The standard InChI is InChI=1S/C30H41F3N4O3/c1-19(2)21-15-24(27(40-4)25(31)16-21)26(29(38)39)37-14-11-23(17-37)36(3)18-30(32,33)12-5-8-22-10-9-20-7-6-13-34-28(20)35-22/h9-10,15-16,19,23,26H,5-8,11-14,17-18H2,1-4H3,(H,34,35)(H,38,39)/t23-,26+/m1/s1. The van der Waals surface area contributed by atoms with E-state index >= 15 is 0 Å². The molecule has 0 bridgehead atoms. The van der Waals surface area contributed by atoms with Gasteiger partial charge in [-0.25, -0.2) is 18.2 Å². The summed E-state index contributed by atoms with van der Waals surface area (Å²) in [6.07, 6.45) is 3.15. The number of rotatable bonds is 12. The molecule has 7 nitrogen and oxygen atoms in total. The Morgan fingerprint density at radius 3 is 2.80 bits per heavy atom. The van der Waals surface area contributed by atoms with Crippen molar-refractivity contribution in [1.82, 2.24) is 14.8 Å². The lowest BCUT2D eigenvalue weighted by atomic mass is 9.95. The number of aliphatic carboxylic acids is 1. The molecule has 0 saturated carbocycles. The first-order valence-corrected chi connectivity index (χ1v) is 14.1. The second-order valence-corrected chi connectivity index (χ2v) is 11.4. The zero-order valence-corrected chi connectivity index (χ0v) is 23.9. The highest BCUT2D eigenvalue weighted by Gasteiger charge is 2.39. The van der Waals surface area contributed by atoms with E-state index in [4.69, 9.17) is 4.74 Å². The number of hydrogen-bond acceptors (Lipinski definition) is 6. The van der Waals surface area contributed by atoms with Crippen LogP contribution in [0.3, 0.4) is 0 Å². The minimum absolute atomic E-state index is 0.00650. The molecule has 2 aliphatic rings. The summed E-state index contributed by atoms with van der Waals surface area (Å²) in [5.41, 5.74) is 2.91. The van der Waals surface area contributed by atoms with Crippen molar-refractivity contribution in [2.75, 3.05) is 45.7 Å². The van der Waals surface area contributed by atoms with E-state index in [1.54, 1.807) is 22.9 Å². The van der Waals surface area contributed by atoms with Gasteiger partial charge in [0.1, 0.15) is 11.9 Å². The van der Waals surface area contributed by atoms with Crippen LogP contribution in [0.2, 0.25) is 0 Å². The Morgan fingerprint density at radius 2 is 2.10 bits per heavy atom. The summed E-state index contributed by atoms with van der Waals surface area (Å²) in [6, 6.07) is 5.64. The van der Waals surface area contributed by atoms with E-state index in [2.05, 4.69) is 10.3 Å². The number of nitrogens with zero attached hydrogens (tertiary/aromatic N) is 3. The lowest BCUT2D eigenvalue weighted by molar-refractivity contribution is -0.143. The molecule has 10 heteroatoms. The van der Waals surface area contributed by atoms with Gasteiger partial charge in [0.2, 0.25) is 0 Å². The highest BCUT2D eigenvalue weighted by atomic mass is 19.3. The van der Waals surface area contributed by atoms with Gasteiger partial charge in [0, 0.05) is 43.4 Å². The average Bonchev–Trinajstić information content (AvgIpc) is 3.38. The van der Waals surface area contributed by atoms with Gasteiger partial charge in [-0.1, -0.05) is 19.9 Å². The topological polar surface area (TPSA) is 77.9 Å². The molecule has 2 N–H and O–H groups in total. The highest BCUT2D eigenvalue weighted by molar-refractivity contribution is 5.77. The summed E-state index contributed by atoms with van der Waals surface area (Å²) in [5, 5.41) is 13.4. The van der Waals surface area contributed by atoms with E-state index in [9.17, 15) is 23.1 Å². The summed E-state index contributed by atoms with van der Waals surface area (Å²) in [4.78, 5) is 20.4. The maximum Gasteiger partial charge on any atom is 0.325 e. The molecule has 4 rings (SSSR count). The number of carboxylic acids is 1. The van der Waals surface area contributed by atoms with Crippen molar-refractivity contribution < 1.29 is 27.8 Å². The number of aromatic nitrogens is 1.